The topological polar surface area (TPSA) is 30.2 Å². The van der Waals surface area contributed by atoms with Crippen LogP contribution in [-0.4, -0.2) is 31.7 Å². The lowest BCUT2D eigenvalue weighted by Gasteiger charge is -2.18. The molecule has 0 aliphatic rings. The molecular weight excluding hydrogens is 180 g/mol. The molecule has 4 nitrogen and oxygen atoms in total. The van der Waals surface area contributed by atoms with Gasteiger partial charge >= 0.3 is 6.09 Å². The number of amides is 1. The maximum absolute atomic E-state index is 11.5. The molecule has 0 atom stereocenters. The van der Waals surface area contributed by atoms with Gasteiger partial charge in [-0.2, -0.15) is 4.79 Å². The van der Waals surface area contributed by atoms with Gasteiger partial charge in [-0.25, -0.2) is 9.05 Å². The van der Waals surface area contributed by atoms with Gasteiger partial charge < -0.3 is 4.74 Å². The fourth-order valence-corrected chi connectivity index (χ4v) is 0.859. The first-order valence-corrected chi connectivity index (χ1v) is 4.39. The molecule has 1 rings (SSSR count). The second kappa shape index (κ2) is 3.75. The van der Waals surface area contributed by atoms with E-state index >= 15 is 0 Å². The highest BCUT2D eigenvalue weighted by Crippen LogP contribution is 2.08. The third kappa shape index (κ3) is 2.81. The number of hydrogen-bond acceptors (Lipinski definition) is 2. The number of hydrogen-bond donors (Lipinski definition) is 0. The lowest BCUT2D eigenvalue weighted by molar-refractivity contribution is -0.793. The maximum Gasteiger partial charge on any atom is 0.521 e. The van der Waals surface area contributed by atoms with E-state index in [1.54, 1.807) is 33.4 Å². The largest absolute Gasteiger partial charge is 0.521 e. The predicted molar refractivity (Wildman–Crippen MR) is 51.7 cm³/mol. The Kier molecular flexibility index (Phi) is 2.86. The zero-order chi connectivity index (χ0) is 10.8. The fourth-order valence-electron chi connectivity index (χ4n) is 0.859. The smallest absolute Gasteiger partial charge is 0.374 e. The molecule has 4 heteroatoms. The number of carbonyl (C=O) groups is 1. The van der Waals surface area contributed by atoms with E-state index in [0.717, 1.165) is 0 Å². The predicted octanol–water partition coefficient (Wildman–Crippen LogP) is 0.716. The van der Waals surface area contributed by atoms with Crippen molar-refractivity contribution >= 4 is 6.09 Å². The van der Waals surface area contributed by atoms with Crippen LogP contribution < -0.4 is 9.30 Å². The second-order valence-electron chi connectivity index (χ2n) is 4.09. The van der Waals surface area contributed by atoms with Crippen LogP contribution in [0.25, 0.3) is 0 Å². The number of carbonyl (C=O) groups excluding carboxylic acids is 1. The molecular formula is C10H16N2O2+2. The first-order chi connectivity index (χ1) is 6.39. The van der Waals surface area contributed by atoms with Crippen LogP contribution >= 0.6 is 0 Å². The molecule has 0 aliphatic carbocycles. The summed E-state index contributed by atoms with van der Waals surface area (Å²) in [5.41, 5.74) is 0. The van der Waals surface area contributed by atoms with E-state index in [1.165, 1.54) is 0 Å². The summed E-state index contributed by atoms with van der Waals surface area (Å²) in [6.07, 6.45) is 3.35. The van der Waals surface area contributed by atoms with Crippen molar-refractivity contribution in [2.75, 3.05) is 21.1 Å². The van der Waals surface area contributed by atoms with Gasteiger partial charge in [0.05, 0.1) is 21.1 Å². The zero-order valence-electron chi connectivity index (χ0n) is 9.02. The Morgan fingerprint density at radius 1 is 1.43 bits per heavy atom. The highest BCUT2D eigenvalue weighted by molar-refractivity contribution is 5.62. The van der Waals surface area contributed by atoms with Crippen LogP contribution in [-0.2, 0) is 7.05 Å². The number of rotatable bonds is 1. The first kappa shape index (κ1) is 10.7. The van der Waals surface area contributed by atoms with Gasteiger partial charge in [0.2, 0.25) is 6.20 Å². The van der Waals surface area contributed by atoms with E-state index < -0.39 is 0 Å². The third-order valence-electron chi connectivity index (χ3n) is 1.67. The number of ether oxygens (including phenoxy) is 1. The summed E-state index contributed by atoms with van der Waals surface area (Å²) in [6.45, 7) is 0. The Hall–Kier alpha value is -1.42. The molecule has 0 saturated heterocycles. The normalized spacial score (nSPS) is 11.1. The Balaban J connectivity index is 2.75. The van der Waals surface area contributed by atoms with Crippen LogP contribution in [0, 0.1) is 0 Å². The van der Waals surface area contributed by atoms with Gasteiger partial charge in [0.15, 0.2) is 11.9 Å². The molecule has 1 amide bonds. The van der Waals surface area contributed by atoms with Gasteiger partial charge in [0.1, 0.15) is 7.05 Å². The van der Waals surface area contributed by atoms with E-state index in [1.807, 2.05) is 23.9 Å². The Bertz CT molecular complexity index is 342. The van der Waals surface area contributed by atoms with E-state index in [-0.39, 0.29) is 10.6 Å². The Morgan fingerprint density at radius 2 is 2.07 bits per heavy atom. The summed E-state index contributed by atoms with van der Waals surface area (Å²) in [7, 11) is 7.19. The number of quaternary nitrogens is 1. The molecule has 0 N–H and O–H groups in total. The van der Waals surface area contributed by atoms with Gasteiger partial charge in [0.25, 0.3) is 0 Å². The van der Waals surface area contributed by atoms with Crippen molar-refractivity contribution in [2.24, 2.45) is 7.05 Å². The molecule has 1 aromatic rings. The molecule has 0 radical (unpaired) electrons. The highest BCUT2D eigenvalue weighted by atomic mass is 16.6. The van der Waals surface area contributed by atoms with Crippen molar-refractivity contribution in [3.05, 3.63) is 24.5 Å². The first-order valence-electron chi connectivity index (χ1n) is 4.39. The van der Waals surface area contributed by atoms with Crippen LogP contribution in [0.15, 0.2) is 24.5 Å². The second-order valence-corrected chi connectivity index (χ2v) is 4.09. The molecule has 0 bridgehead atoms. The van der Waals surface area contributed by atoms with Crippen molar-refractivity contribution < 1.29 is 18.6 Å². The zero-order valence-corrected chi connectivity index (χ0v) is 9.02. The van der Waals surface area contributed by atoms with E-state index in [2.05, 4.69) is 0 Å². The van der Waals surface area contributed by atoms with Crippen molar-refractivity contribution in [3.63, 3.8) is 0 Å². The fraction of sp³-hybridized carbons (Fsp3) is 0.400. The quantitative estimate of drug-likeness (QED) is 0.489. The SMILES string of the molecule is C[n+]1cccc(OC(=O)[N+](C)(C)C)c1. The van der Waals surface area contributed by atoms with Crippen LogP contribution in [0.3, 0.4) is 0 Å². The molecule has 0 saturated carbocycles. The monoisotopic (exact) mass is 196 g/mol. The van der Waals surface area contributed by atoms with Crippen molar-refractivity contribution in [3.8, 4) is 5.75 Å². The lowest BCUT2D eigenvalue weighted by atomic mass is 10.4. The minimum Gasteiger partial charge on any atom is -0.374 e. The van der Waals surface area contributed by atoms with Crippen LogP contribution in [0.1, 0.15) is 0 Å². The summed E-state index contributed by atoms with van der Waals surface area (Å²) in [4.78, 5) is 11.5. The van der Waals surface area contributed by atoms with Crippen molar-refractivity contribution in [1.82, 2.24) is 0 Å². The molecule has 76 valence electrons. The maximum atomic E-state index is 11.5. The minimum atomic E-state index is -0.281. The molecule has 0 spiro atoms. The molecule has 1 heterocycles. The summed E-state index contributed by atoms with van der Waals surface area (Å²) in [5, 5.41) is 0. The van der Waals surface area contributed by atoms with Crippen molar-refractivity contribution in [1.29, 1.82) is 0 Å². The van der Waals surface area contributed by atoms with Gasteiger partial charge in [-0.3, -0.25) is 0 Å². The number of aryl methyl sites for hydroxylation is 1. The van der Waals surface area contributed by atoms with Gasteiger partial charge in [-0.05, 0) is 6.07 Å². The van der Waals surface area contributed by atoms with Gasteiger partial charge in [0, 0.05) is 6.07 Å². The van der Waals surface area contributed by atoms with Crippen LogP contribution in [0.4, 0.5) is 4.79 Å². The number of aromatic nitrogens is 1. The van der Waals surface area contributed by atoms with E-state index in [4.69, 9.17) is 4.74 Å². The van der Waals surface area contributed by atoms with Gasteiger partial charge in [-0.1, -0.05) is 0 Å². The summed E-state index contributed by atoms with van der Waals surface area (Å²) >= 11 is 0. The Labute approximate surface area is 83.9 Å². The molecule has 0 aliphatic heterocycles. The average molecular weight is 196 g/mol. The standard InChI is InChI=1S/C10H16N2O2/c1-11-7-5-6-9(8-11)14-10(13)12(2,3)4/h5-8H,1-4H3/q+2. The highest BCUT2D eigenvalue weighted by Gasteiger charge is 2.23. The number of nitrogens with zero attached hydrogens (tertiary/aromatic N) is 2. The van der Waals surface area contributed by atoms with Gasteiger partial charge in [-0.15, -0.1) is 0 Å². The summed E-state index contributed by atoms with van der Waals surface area (Å²) < 4.78 is 7.16. The molecule has 0 aromatic carbocycles. The molecule has 14 heavy (non-hydrogen) atoms. The summed E-state index contributed by atoms with van der Waals surface area (Å²) in [5.74, 6) is 0.563. The third-order valence-corrected chi connectivity index (χ3v) is 1.67. The molecule has 0 unspecified atom stereocenters. The Morgan fingerprint density at radius 3 is 2.57 bits per heavy atom. The van der Waals surface area contributed by atoms with E-state index in [0.29, 0.717) is 5.75 Å². The van der Waals surface area contributed by atoms with E-state index in [9.17, 15) is 4.79 Å². The average Bonchev–Trinajstić information content (AvgIpc) is 2.02. The minimum absolute atomic E-state index is 0.151. The van der Waals surface area contributed by atoms with Crippen LogP contribution in [0.2, 0.25) is 0 Å². The molecule has 0 fully saturated rings. The summed E-state index contributed by atoms with van der Waals surface area (Å²) in [6, 6.07) is 3.59. The van der Waals surface area contributed by atoms with Crippen molar-refractivity contribution in [2.45, 2.75) is 0 Å². The lowest BCUT2D eigenvalue weighted by Crippen LogP contribution is -2.43. The number of pyridine rings is 1. The van der Waals surface area contributed by atoms with Crippen LogP contribution in [0.5, 0.6) is 5.75 Å². The molecule has 1 aromatic heterocycles.